The van der Waals surface area contributed by atoms with Crippen LogP contribution in [0.3, 0.4) is 0 Å². The van der Waals surface area contributed by atoms with Crippen molar-refractivity contribution in [1.82, 2.24) is 5.32 Å². The average Bonchev–Trinajstić information content (AvgIpc) is 2.38. The van der Waals surface area contributed by atoms with Crippen LogP contribution >= 0.6 is 0 Å². The highest BCUT2D eigenvalue weighted by Gasteiger charge is 2.44. The second-order valence-corrected chi connectivity index (χ2v) is 9.83. The van der Waals surface area contributed by atoms with E-state index in [1.54, 1.807) is 0 Å². The lowest BCUT2D eigenvalue weighted by molar-refractivity contribution is 0.0566. The Morgan fingerprint density at radius 2 is 1.41 bits per heavy atom. The van der Waals surface area contributed by atoms with Crippen LogP contribution in [0.2, 0.25) is 0 Å². The molecule has 3 unspecified atom stereocenters. The van der Waals surface area contributed by atoms with Crippen LogP contribution < -0.4 is 5.32 Å². The van der Waals surface area contributed by atoms with Crippen molar-refractivity contribution in [2.24, 2.45) is 23.7 Å². The topological polar surface area (TPSA) is 12.0 Å². The van der Waals surface area contributed by atoms with E-state index in [4.69, 9.17) is 0 Å². The number of rotatable bonds is 8. The molecule has 1 heteroatoms. The smallest absolute Gasteiger partial charge is 0.0186 e. The molecule has 0 amide bonds. The van der Waals surface area contributed by atoms with Gasteiger partial charge in [0.25, 0.3) is 0 Å². The van der Waals surface area contributed by atoms with Crippen LogP contribution in [-0.4, -0.2) is 11.1 Å². The summed E-state index contributed by atoms with van der Waals surface area (Å²) in [6, 6.07) is 0. The first-order valence-corrected chi connectivity index (χ1v) is 9.85. The Labute approximate surface area is 141 Å². The van der Waals surface area contributed by atoms with Crippen molar-refractivity contribution < 1.29 is 0 Å². The lowest BCUT2D eigenvalue weighted by Crippen LogP contribution is -2.62. The lowest BCUT2D eigenvalue weighted by Gasteiger charge is -2.52. The molecular formula is C21H43N. The predicted octanol–water partition coefficient (Wildman–Crippen LogP) is 6.42. The van der Waals surface area contributed by atoms with Crippen LogP contribution in [0.15, 0.2) is 0 Å². The number of piperidine rings is 1. The number of hydrogen-bond donors (Lipinski definition) is 1. The molecule has 0 aromatic carbocycles. The molecular weight excluding hydrogens is 266 g/mol. The van der Waals surface area contributed by atoms with E-state index >= 15 is 0 Å². The van der Waals surface area contributed by atoms with Crippen LogP contribution in [-0.2, 0) is 0 Å². The maximum Gasteiger partial charge on any atom is 0.0186 e. The van der Waals surface area contributed by atoms with E-state index in [0.717, 1.165) is 23.7 Å². The van der Waals surface area contributed by atoms with Gasteiger partial charge in [0.2, 0.25) is 0 Å². The Morgan fingerprint density at radius 3 is 1.91 bits per heavy atom. The van der Waals surface area contributed by atoms with Gasteiger partial charge in [-0.1, -0.05) is 41.5 Å². The third-order valence-corrected chi connectivity index (χ3v) is 5.80. The molecule has 0 saturated carbocycles. The molecule has 132 valence electrons. The molecule has 0 bridgehead atoms. The summed E-state index contributed by atoms with van der Waals surface area (Å²) in [7, 11) is 0. The average molecular weight is 310 g/mol. The Balaban J connectivity index is 2.80. The first-order chi connectivity index (χ1) is 10.1. The van der Waals surface area contributed by atoms with Gasteiger partial charge in [0.1, 0.15) is 0 Å². The Hall–Kier alpha value is -0.0400. The lowest BCUT2D eigenvalue weighted by atomic mass is 9.67. The van der Waals surface area contributed by atoms with Crippen molar-refractivity contribution in [3.63, 3.8) is 0 Å². The standard InChI is InChI=1S/C21H43N/c1-16(2)9-12-20(7)13-11-19(15-18(5)6)21(8,22-20)14-10-17(3)4/h16-19,22H,9-15H2,1-8H3. The fourth-order valence-corrected chi connectivity index (χ4v) is 4.26. The van der Waals surface area contributed by atoms with E-state index in [-0.39, 0.29) is 0 Å². The van der Waals surface area contributed by atoms with Crippen molar-refractivity contribution in [2.45, 2.75) is 111 Å². The highest BCUT2D eigenvalue weighted by Crippen LogP contribution is 2.42. The van der Waals surface area contributed by atoms with Gasteiger partial charge in [-0.05, 0) is 82.5 Å². The SMILES string of the molecule is CC(C)CCC1(C)CCC(CC(C)C)C(C)(CCC(C)C)N1. The third kappa shape index (κ3) is 6.22. The van der Waals surface area contributed by atoms with Crippen molar-refractivity contribution in [3.05, 3.63) is 0 Å². The van der Waals surface area contributed by atoms with Crippen LogP contribution in [0, 0.1) is 23.7 Å². The Morgan fingerprint density at radius 1 is 0.864 bits per heavy atom. The summed E-state index contributed by atoms with van der Waals surface area (Å²) in [5.41, 5.74) is 0.683. The van der Waals surface area contributed by atoms with Gasteiger partial charge < -0.3 is 5.32 Å². The minimum atomic E-state index is 0.332. The Bertz CT molecular complexity index is 320. The van der Waals surface area contributed by atoms with Gasteiger partial charge in [-0.25, -0.2) is 0 Å². The normalized spacial score (nSPS) is 33.1. The largest absolute Gasteiger partial charge is 0.306 e. The second kappa shape index (κ2) is 8.18. The summed E-state index contributed by atoms with van der Waals surface area (Å²) < 4.78 is 0. The van der Waals surface area contributed by atoms with Gasteiger partial charge in [0.15, 0.2) is 0 Å². The first kappa shape index (κ1) is 20.0. The number of nitrogens with one attached hydrogen (secondary N) is 1. The molecule has 0 spiro atoms. The number of hydrogen-bond acceptors (Lipinski definition) is 1. The molecule has 1 rings (SSSR count). The third-order valence-electron chi connectivity index (χ3n) is 5.80. The summed E-state index contributed by atoms with van der Waals surface area (Å²) in [5.74, 6) is 3.28. The Kier molecular flexibility index (Phi) is 7.43. The van der Waals surface area contributed by atoms with Gasteiger partial charge in [-0.15, -0.1) is 0 Å². The fourth-order valence-electron chi connectivity index (χ4n) is 4.26. The van der Waals surface area contributed by atoms with Crippen molar-refractivity contribution >= 4 is 0 Å². The van der Waals surface area contributed by atoms with Crippen molar-refractivity contribution in [3.8, 4) is 0 Å². The van der Waals surface area contributed by atoms with E-state index < -0.39 is 0 Å². The molecule has 0 radical (unpaired) electrons. The zero-order chi connectivity index (χ0) is 17.0. The highest BCUT2D eigenvalue weighted by atomic mass is 15.1. The molecule has 1 N–H and O–H groups in total. The molecule has 0 aromatic rings. The van der Waals surface area contributed by atoms with Crippen molar-refractivity contribution in [1.29, 1.82) is 0 Å². The second-order valence-electron chi connectivity index (χ2n) is 9.83. The molecule has 1 fully saturated rings. The van der Waals surface area contributed by atoms with Crippen LogP contribution in [0.4, 0.5) is 0 Å². The molecule has 1 saturated heterocycles. The van der Waals surface area contributed by atoms with E-state index in [9.17, 15) is 0 Å². The zero-order valence-electron chi connectivity index (χ0n) is 16.8. The minimum absolute atomic E-state index is 0.332. The predicted molar refractivity (Wildman–Crippen MR) is 100 cm³/mol. The molecule has 22 heavy (non-hydrogen) atoms. The minimum Gasteiger partial charge on any atom is -0.306 e. The summed E-state index contributed by atoms with van der Waals surface area (Å²) in [6.45, 7) is 19.2. The van der Waals surface area contributed by atoms with Gasteiger partial charge in [0.05, 0.1) is 0 Å². The molecule has 1 heterocycles. The first-order valence-electron chi connectivity index (χ1n) is 9.85. The van der Waals surface area contributed by atoms with E-state index in [0.29, 0.717) is 11.1 Å². The molecule has 0 aliphatic carbocycles. The van der Waals surface area contributed by atoms with E-state index in [1.165, 1.54) is 44.9 Å². The van der Waals surface area contributed by atoms with E-state index in [1.807, 2.05) is 0 Å². The quantitative estimate of drug-likeness (QED) is 0.545. The molecule has 1 nitrogen and oxygen atoms in total. The fraction of sp³-hybridized carbons (Fsp3) is 1.00. The van der Waals surface area contributed by atoms with Gasteiger partial charge in [-0.3, -0.25) is 0 Å². The summed E-state index contributed by atoms with van der Waals surface area (Å²) in [4.78, 5) is 0. The zero-order valence-corrected chi connectivity index (χ0v) is 16.8. The van der Waals surface area contributed by atoms with Crippen LogP contribution in [0.1, 0.15) is 100 Å². The summed E-state index contributed by atoms with van der Waals surface area (Å²) in [5, 5.41) is 4.17. The summed E-state index contributed by atoms with van der Waals surface area (Å²) in [6.07, 6.45) is 9.50. The monoisotopic (exact) mass is 309 g/mol. The van der Waals surface area contributed by atoms with Gasteiger partial charge in [0, 0.05) is 11.1 Å². The molecule has 0 aromatic heterocycles. The maximum atomic E-state index is 4.17. The highest BCUT2D eigenvalue weighted by molar-refractivity contribution is 5.03. The summed E-state index contributed by atoms with van der Waals surface area (Å²) >= 11 is 0. The van der Waals surface area contributed by atoms with Crippen LogP contribution in [0.25, 0.3) is 0 Å². The molecule has 1 aliphatic heterocycles. The van der Waals surface area contributed by atoms with Gasteiger partial charge >= 0.3 is 0 Å². The van der Waals surface area contributed by atoms with Gasteiger partial charge in [-0.2, -0.15) is 0 Å². The maximum absolute atomic E-state index is 4.17. The van der Waals surface area contributed by atoms with Crippen LogP contribution in [0.5, 0.6) is 0 Å². The molecule has 3 atom stereocenters. The van der Waals surface area contributed by atoms with Crippen molar-refractivity contribution in [2.75, 3.05) is 0 Å². The van der Waals surface area contributed by atoms with E-state index in [2.05, 4.69) is 60.7 Å². The molecule has 1 aliphatic rings.